The number of benzene rings is 1. The standard InChI is InChI=1S/C19H22ClN3O3S/c1-11-3-12(2)7-23(6-11)8-14-9-27-19(21-14)22-18(24)13-4-15(20)17-16(5-13)25-10-26-17/h4-5,9,11-12H,3,6-8,10H2,1-2H3,(H,21,22,24). The maximum absolute atomic E-state index is 12.5. The van der Waals surface area contributed by atoms with E-state index in [1.54, 1.807) is 12.1 Å². The first-order chi connectivity index (χ1) is 13.0. The van der Waals surface area contributed by atoms with Gasteiger partial charge in [0.25, 0.3) is 5.91 Å². The number of anilines is 1. The molecule has 144 valence electrons. The Kier molecular flexibility index (Phi) is 5.25. The average Bonchev–Trinajstić information content (AvgIpc) is 3.23. The number of carbonyl (C=O) groups is 1. The topological polar surface area (TPSA) is 63.7 Å². The van der Waals surface area contributed by atoms with Crippen LogP contribution in [0.1, 0.15) is 36.3 Å². The van der Waals surface area contributed by atoms with Crippen LogP contribution in [-0.2, 0) is 6.54 Å². The van der Waals surface area contributed by atoms with Crippen molar-refractivity contribution in [1.29, 1.82) is 0 Å². The van der Waals surface area contributed by atoms with E-state index < -0.39 is 0 Å². The Labute approximate surface area is 167 Å². The van der Waals surface area contributed by atoms with Crippen LogP contribution in [0.25, 0.3) is 0 Å². The summed E-state index contributed by atoms with van der Waals surface area (Å²) in [6.07, 6.45) is 1.28. The molecule has 3 heterocycles. The Morgan fingerprint density at radius 1 is 1.33 bits per heavy atom. The number of hydrogen-bond donors (Lipinski definition) is 1. The van der Waals surface area contributed by atoms with Crippen molar-refractivity contribution in [1.82, 2.24) is 9.88 Å². The molecular formula is C19H22ClN3O3S. The number of amides is 1. The molecule has 1 aromatic carbocycles. The number of nitrogens with zero attached hydrogens (tertiary/aromatic N) is 2. The van der Waals surface area contributed by atoms with E-state index >= 15 is 0 Å². The minimum Gasteiger partial charge on any atom is -0.454 e. The third kappa shape index (κ3) is 4.20. The van der Waals surface area contributed by atoms with Crippen LogP contribution in [0.3, 0.4) is 0 Å². The summed E-state index contributed by atoms with van der Waals surface area (Å²) in [5.74, 6) is 2.12. The van der Waals surface area contributed by atoms with E-state index in [0.29, 0.717) is 39.1 Å². The van der Waals surface area contributed by atoms with E-state index in [4.69, 9.17) is 21.1 Å². The van der Waals surface area contributed by atoms with E-state index in [0.717, 1.165) is 25.3 Å². The summed E-state index contributed by atoms with van der Waals surface area (Å²) in [6.45, 7) is 7.72. The minimum absolute atomic E-state index is 0.115. The summed E-state index contributed by atoms with van der Waals surface area (Å²) in [7, 11) is 0. The maximum atomic E-state index is 12.5. The van der Waals surface area contributed by atoms with Crippen molar-refractivity contribution in [3.63, 3.8) is 0 Å². The third-order valence-electron chi connectivity index (χ3n) is 4.79. The number of carbonyl (C=O) groups excluding carboxylic acids is 1. The van der Waals surface area contributed by atoms with E-state index in [9.17, 15) is 4.79 Å². The van der Waals surface area contributed by atoms with Gasteiger partial charge < -0.3 is 9.47 Å². The summed E-state index contributed by atoms with van der Waals surface area (Å²) in [6, 6.07) is 3.21. The van der Waals surface area contributed by atoms with Gasteiger partial charge in [-0.25, -0.2) is 4.98 Å². The summed E-state index contributed by atoms with van der Waals surface area (Å²) in [5.41, 5.74) is 1.40. The van der Waals surface area contributed by atoms with Crippen molar-refractivity contribution in [2.45, 2.75) is 26.8 Å². The third-order valence-corrected chi connectivity index (χ3v) is 5.88. The van der Waals surface area contributed by atoms with Gasteiger partial charge in [-0.3, -0.25) is 15.0 Å². The van der Waals surface area contributed by atoms with Crippen LogP contribution >= 0.6 is 22.9 Å². The van der Waals surface area contributed by atoms with Gasteiger partial charge in [0.15, 0.2) is 16.6 Å². The zero-order valence-corrected chi connectivity index (χ0v) is 16.9. The van der Waals surface area contributed by atoms with Crippen molar-refractivity contribution < 1.29 is 14.3 Å². The molecule has 27 heavy (non-hydrogen) atoms. The molecule has 8 heteroatoms. The minimum atomic E-state index is -0.267. The van der Waals surface area contributed by atoms with Crippen LogP contribution in [0.2, 0.25) is 5.02 Å². The Balaban J connectivity index is 1.40. The van der Waals surface area contributed by atoms with Gasteiger partial charge in [-0.05, 0) is 30.4 Å². The molecule has 1 aromatic heterocycles. The first-order valence-corrected chi connectivity index (χ1v) is 10.3. The van der Waals surface area contributed by atoms with E-state index in [2.05, 4.69) is 29.0 Å². The number of piperidine rings is 1. The number of nitrogens with one attached hydrogen (secondary N) is 1. The van der Waals surface area contributed by atoms with E-state index in [-0.39, 0.29) is 12.7 Å². The molecule has 2 atom stereocenters. The second kappa shape index (κ2) is 7.66. The zero-order chi connectivity index (χ0) is 19.0. The molecule has 0 spiro atoms. The number of halogens is 1. The van der Waals surface area contributed by atoms with Gasteiger partial charge in [-0.15, -0.1) is 11.3 Å². The highest BCUT2D eigenvalue weighted by atomic mass is 35.5. The van der Waals surface area contributed by atoms with Crippen molar-refractivity contribution in [3.05, 3.63) is 33.8 Å². The predicted molar refractivity (Wildman–Crippen MR) is 106 cm³/mol. The van der Waals surface area contributed by atoms with Crippen molar-refractivity contribution in [3.8, 4) is 11.5 Å². The number of rotatable bonds is 4. The summed E-state index contributed by atoms with van der Waals surface area (Å²) < 4.78 is 10.6. The summed E-state index contributed by atoms with van der Waals surface area (Å²) >= 11 is 7.59. The van der Waals surface area contributed by atoms with Crippen molar-refractivity contribution in [2.24, 2.45) is 11.8 Å². The number of ether oxygens (including phenoxy) is 2. The molecule has 0 bridgehead atoms. The Morgan fingerprint density at radius 3 is 2.89 bits per heavy atom. The smallest absolute Gasteiger partial charge is 0.257 e. The Hall–Kier alpha value is -1.83. The van der Waals surface area contributed by atoms with Crippen LogP contribution in [0.5, 0.6) is 11.5 Å². The highest BCUT2D eigenvalue weighted by molar-refractivity contribution is 7.14. The molecule has 2 aliphatic rings. The molecule has 0 aliphatic carbocycles. The molecule has 2 aliphatic heterocycles. The fourth-order valence-corrected chi connectivity index (χ4v) is 4.82. The lowest BCUT2D eigenvalue weighted by molar-refractivity contribution is 0.102. The van der Waals surface area contributed by atoms with Gasteiger partial charge in [-0.2, -0.15) is 0 Å². The van der Waals surface area contributed by atoms with E-state index in [1.807, 2.05) is 5.38 Å². The molecule has 0 saturated carbocycles. The highest BCUT2D eigenvalue weighted by Crippen LogP contribution is 2.40. The number of fused-ring (bicyclic) bond motifs is 1. The van der Waals surface area contributed by atoms with Gasteiger partial charge in [0.1, 0.15) is 0 Å². The predicted octanol–water partition coefficient (Wildman–Crippen LogP) is 4.26. The fraction of sp³-hybridized carbons (Fsp3) is 0.474. The van der Waals surface area contributed by atoms with Crippen LogP contribution in [0.15, 0.2) is 17.5 Å². The zero-order valence-electron chi connectivity index (χ0n) is 15.3. The first kappa shape index (κ1) is 18.5. The highest BCUT2D eigenvalue weighted by Gasteiger charge is 2.23. The van der Waals surface area contributed by atoms with Gasteiger partial charge in [0.05, 0.1) is 10.7 Å². The largest absolute Gasteiger partial charge is 0.454 e. The average molecular weight is 408 g/mol. The maximum Gasteiger partial charge on any atom is 0.257 e. The molecular weight excluding hydrogens is 386 g/mol. The molecule has 6 nitrogen and oxygen atoms in total. The van der Waals surface area contributed by atoms with Crippen LogP contribution in [0, 0.1) is 11.8 Å². The molecule has 1 fully saturated rings. The van der Waals surface area contributed by atoms with Crippen LogP contribution in [0.4, 0.5) is 5.13 Å². The number of hydrogen-bond acceptors (Lipinski definition) is 6. The quantitative estimate of drug-likeness (QED) is 0.820. The molecule has 2 unspecified atom stereocenters. The second-order valence-electron chi connectivity index (χ2n) is 7.43. The lowest BCUT2D eigenvalue weighted by atomic mass is 9.92. The monoisotopic (exact) mass is 407 g/mol. The van der Waals surface area contributed by atoms with Crippen molar-refractivity contribution in [2.75, 3.05) is 25.2 Å². The number of likely N-dealkylation sites (tertiary alicyclic amines) is 1. The SMILES string of the molecule is CC1CC(C)CN(Cc2csc(NC(=O)c3cc(Cl)c4c(c3)OCO4)n2)C1. The molecule has 1 N–H and O–H groups in total. The van der Waals surface area contributed by atoms with Crippen LogP contribution in [-0.4, -0.2) is 35.7 Å². The van der Waals surface area contributed by atoms with Gasteiger partial charge in [0.2, 0.25) is 6.79 Å². The van der Waals surface area contributed by atoms with E-state index in [1.165, 1.54) is 17.8 Å². The van der Waals surface area contributed by atoms with Gasteiger partial charge in [-0.1, -0.05) is 25.4 Å². The molecule has 2 aromatic rings. The normalized spacial score (nSPS) is 22.0. The Morgan fingerprint density at radius 2 is 2.11 bits per heavy atom. The molecule has 4 rings (SSSR count). The molecule has 1 amide bonds. The second-order valence-corrected chi connectivity index (χ2v) is 8.70. The fourth-order valence-electron chi connectivity index (χ4n) is 3.86. The van der Waals surface area contributed by atoms with Crippen molar-refractivity contribution >= 4 is 34.0 Å². The van der Waals surface area contributed by atoms with Gasteiger partial charge in [0, 0.05) is 30.6 Å². The number of thiazole rings is 1. The summed E-state index contributed by atoms with van der Waals surface area (Å²) in [4.78, 5) is 19.6. The first-order valence-electron chi connectivity index (χ1n) is 9.05. The van der Waals surface area contributed by atoms with Crippen LogP contribution < -0.4 is 14.8 Å². The van der Waals surface area contributed by atoms with Gasteiger partial charge >= 0.3 is 0 Å². The lowest BCUT2D eigenvalue weighted by Crippen LogP contribution is -2.38. The molecule has 0 radical (unpaired) electrons. The molecule has 1 saturated heterocycles. The summed E-state index contributed by atoms with van der Waals surface area (Å²) in [5, 5.41) is 5.80. The number of aromatic nitrogens is 1. The Bertz CT molecular complexity index is 847. The lowest BCUT2D eigenvalue weighted by Gasteiger charge is -2.34.